The lowest BCUT2D eigenvalue weighted by Gasteiger charge is -2.16. The van der Waals surface area contributed by atoms with Crippen molar-refractivity contribution in [2.75, 3.05) is 20.1 Å². The van der Waals surface area contributed by atoms with Crippen LogP contribution >= 0.6 is 0 Å². The maximum absolute atomic E-state index is 14.1. The lowest BCUT2D eigenvalue weighted by Crippen LogP contribution is -2.19. The van der Waals surface area contributed by atoms with Crippen LogP contribution in [0.2, 0.25) is 0 Å². The van der Waals surface area contributed by atoms with E-state index in [0.29, 0.717) is 0 Å². The number of fused-ring (bicyclic) bond motifs is 2. The molecule has 2 aliphatic rings. The minimum absolute atomic E-state index is 0.247. The summed E-state index contributed by atoms with van der Waals surface area (Å²) in [5.41, 5.74) is 13.5. The van der Waals surface area contributed by atoms with Crippen LogP contribution in [-0.4, -0.2) is 40.0 Å². The van der Waals surface area contributed by atoms with Gasteiger partial charge in [-0.05, 0) is 93.6 Å². The Bertz CT molecular complexity index is 1750. The molecule has 0 bridgehead atoms. The summed E-state index contributed by atoms with van der Waals surface area (Å²) in [7, 11) is 2.16. The number of nitrogens with zero attached hydrogens (tertiary/aromatic N) is 3. The minimum Gasteiger partial charge on any atom is -0.353 e. The molecule has 3 heterocycles. The summed E-state index contributed by atoms with van der Waals surface area (Å²) >= 11 is 0. The number of aromatic nitrogens is 3. The SMILES string of the molecule is CCN(C)CC1=CC(c2cnc3c(c2)C(c2[nH]c4cncc(-c5cccc(F)c5)c4c2C)=CCCC3)=CCC(C)=C1. The standard InChI is InChI=1S/C36H37FN4/c1-5-41(4)22-25-15-23(2)13-14-26(16-25)28-18-31-30(11-6-7-12-33(31)39-19-28)36-24(3)35-32(20-38-21-34(35)40-36)27-9-8-10-29(37)17-27/h8-11,14-21,40H,5-7,12-13,22H2,1-4H3. The van der Waals surface area contributed by atoms with Crippen LogP contribution < -0.4 is 0 Å². The number of rotatable bonds is 6. The van der Waals surface area contributed by atoms with Crippen molar-refractivity contribution in [3.05, 3.63) is 118 Å². The van der Waals surface area contributed by atoms with Gasteiger partial charge in [0.15, 0.2) is 0 Å². The highest BCUT2D eigenvalue weighted by Gasteiger charge is 2.22. The largest absolute Gasteiger partial charge is 0.353 e. The van der Waals surface area contributed by atoms with E-state index in [2.05, 4.69) is 79.3 Å². The fourth-order valence-electron chi connectivity index (χ4n) is 6.07. The summed E-state index contributed by atoms with van der Waals surface area (Å²) in [6, 6.07) is 9.09. The van der Waals surface area contributed by atoms with Crippen LogP contribution in [0.3, 0.4) is 0 Å². The molecule has 2 aliphatic carbocycles. The van der Waals surface area contributed by atoms with Gasteiger partial charge in [0, 0.05) is 58.0 Å². The van der Waals surface area contributed by atoms with Crippen LogP contribution in [-0.2, 0) is 6.42 Å². The maximum atomic E-state index is 14.1. The van der Waals surface area contributed by atoms with Crippen LogP contribution in [0.1, 0.15) is 61.2 Å². The number of H-pyrrole nitrogens is 1. The second kappa shape index (κ2) is 11.4. The topological polar surface area (TPSA) is 44.8 Å². The third-order valence-corrected chi connectivity index (χ3v) is 8.33. The van der Waals surface area contributed by atoms with Crippen molar-refractivity contribution in [1.82, 2.24) is 19.9 Å². The first-order chi connectivity index (χ1) is 19.9. The van der Waals surface area contributed by atoms with Crippen LogP contribution in [0.5, 0.6) is 0 Å². The molecule has 0 saturated carbocycles. The molecule has 1 N–H and O–H groups in total. The zero-order valence-electron chi connectivity index (χ0n) is 24.4. The second-order valence-corrected chi connectivity index (χ2v) is 11.4. The molecule has 208 valence electrons. The van der Waals surface area contributed by atoms with Crippen molar-refractivity contribution < 1.29 is 4.39 Å². The Morgan fingerprint density at radius 2 is 1.88 bits per heavy atom. The minimum atomic E-state index is -0.247. The maximum Gasteiger partial charge on any atom is 0.123 e. The van der Waals surface area contributed by atoms with E-state index in [1.165, 1.54) is 33.9 Å². The Morgan fingerprint density at radius 1 is 1.00 bits per heavy atom. The van der Waals surface area contributed by atoms with E-state index in [1.54, 1.807) is 12.1 Å². The molecule has 0 radical (unpaired) electrons. The highest BCUT2D eigenvalue weighted by atomic mass is 19.1. The Balaban J connectivity index is 1.45. The van der Waals surface area contributed by atoms with E-state index in [0.717, 1.165) is 83.3 Å². The Labute approximate surface area is 242 Å². The lowest BCUT2D eigenvalue weighted by molar-refractivity contribution is 0.386. The highest BCUT2D eigenvalue weighted by molar-refractivity contribution is 6.01. The van der Waals surface area contributed by atoms with Gasteiger partial charge in [-0.25, -0.2) is 4.39 Å². The summed E-state index contributed by atoms with van der Waals surface area (Å²) in [4.78, 5) is 15.5. The number of benzene rings is 1. The van der Waals surface area contributed by atoms with E-state index in [-0.39, 0.29) is 5.82 Å². The van der Waals surface area contributed by atoms with Gasteiger partial charge in [0.25, 0.3) is 0 Å². The van der Waals surface area contributed by atoms with Crippen molar-refractivity contribution in [2.24, 2.45) is 0 Å². The van der Waals surface area contributed by atoms with E-state index < -0.39 is 0 Å². The van der Waals surface area contributed by atoms with Crippen molar-refractivity contribution in [1.29, 1.82) is 0 Å². The monoisotopic (exact) mass is 544 g/mol. The molecule has 3 aromatic heterocycles. The smallest absolute Gasteiger partial charge is 0.123 e. The number of likely N-dealkylation sites (N-methyl/N-ethyl adjacent to an activating group) is 1. The molecule has 0 amide bonds. The number of allylic oxidation sites excluding steroid dienone is 5. The number of hydrogen-bond donors (Lipinski definition) is 1. The van der Waals surface area contributed by atoms with Crippen LogP contribution in [0.4, 0.5) is 4.39 Å². The third kappa shape index (κ3) is 5.47. The van der Waals surface area contributed by atoms with E-state index in [4.69, 9.17) is 4.98 Å². The van der Waals surface area contributed by atoms with Crippen molar-refractivity contribution >= 4 is 22.0 Å². The summed E-state index contributed by atoms with van der Waals surface area (Å²) in [5, 5.41) is 1.08. The van der Waals surface area contributed by atoms with Crippen LogP contribution in [0.15, 0.2) is 84.4 Å². The fourth-order valence-corrected chi connectivity index (χ4v) is 6.07. The number of aryl methyl sites for hydroxylation is 2. The van der Waals surface area contributed by atoms with E-state index in [1.807, 2.05) is 18.5 Å². The zero-order valence-corrected chi connectivity index (χ0v) is 24.4. The van der Waals surface area contributed by atoms with Gasteiger partial charge in [-0.1, -0.05) is 48.9 Å². The fraction of sp³-hybridized carbons (Fsp3) is 0.278. The first-order valence-electron chi connectivity index (χ1n) is 14.6. The average molecular weight is 545 g/mol. The number of halogens is 1. The van der Waals surface area contributed by atoms with Crippen LogP contribution in [0.25, 0.3) is 33.2 Å². The first-order valence-corrected chi connectivity index (χ1v) is 14.6. The molecule has 4 aromatic rings. The van der Waals surface area contributed by atoms with Crippen LogP contribution in [0, 0.1) is 12.7 Å². The van der Waals surface area contributed by atoms with Crippen molar-refractivity contribution in [3.63, 3.8) is 0 Å². The van der Waals surface area contributed by atoms with Gasteiger partial charge in [0.2, 0.25) is 0 Å². The molecule has 0 unspecified atom stereocenters. The second-order valence-electron chi connectivity index (χ2n) is 11.4. The van der Waals surface area contributed by atoms with Gasteiger partial charge in [0.05, 0.1) is 11.7 Å². The van der Waals surface area contributed by atoms with E-state index >= 15 is 0 Å². The number of hydrogen-bond acceptors (Lipinski definition) is 3. The molecule has 0 fully saturated rings. The summed E-state index contributed by atoms with van der Waals surface area (Å²) in [5.74, 6) is -0.247. The van der Waals surface area contributed by atoms with Gasteiger partial charge < -0.3 is 9.88 Å². The quantitative estimate of drug-likeness (QED) is 0.265. The van der Waals surface area contributed by atoms with Gasteiger partial charge >= 0.3 is 0 Å². The van der Waals surface area contributed by atoms with Gasteiger partial charge in [-0.3, -0.25) is 9.97 Å². The Kier molecular flexibility index (Phi) is 7.55. The molecule has 41 heavy (non-hydrogen) atoms. The molecule has 0 saturated heterocycles. The van der Waals surface area contributed by atoms with Gasteiger partial charge in [-0.15, -0.1) is 0 Å². The third-order valence-electron chi connectivity index (χ3n) is 8.33. The molecule has 0 spiro atoms. The zero-order chi connectivity index (χ0) is 28.5. The van der Waals surface area contributed by atoms with Gasteiger partial charge in [0.1, 0.15) is 5.82 Å². The summed E-state index contributed by atoms with van der Waals surface area (Å²) in [6.45, 7) is 8.49. The summed E-state index contributed by atoms with van der Waals surface area (Å²) < 4.78 is 14.1. The predicted molar refractivity (Wildman–Crippen MR) is 168 cm³/mol. The lowest BCUT2D eigenvalue weighted by atomic mass is 9.93. The normalized spacial score (nSPS) is 15.6. The number of nitrogens with one attached hydrogen (secondary N) is 1. The van der Waals surface area contributed by atoms with Gasteiger partial charge in [-0.2, -0.15) is 0 Å². The number of aromatic amines is 1. The van der Waals surface area contributed by atoms with Crippen molar-refractivity contribution in [2.45, 2.75) is 46.5 Å². The highest BCUT2D eigenvalue weighted by Crippen LogP contribution is 2.39. The molecule has 1 aromatic carbocycles. The van der Waals surface area contributed by atoms with E-state index in [9.17, 15) is 4.39 Å². The molecular formula is C36H37FN4. The Hall–Kier alpha value is -4.09. The molecular weight excluding hydrogens is 507 g/mol. The average Bonchev–Trinajstić information content (AvgIpc) is 3.09. The molecule has 5 heteroatoms. The first kappa shape index (κ1) is 27.1. The molecule has 6 rings (SSSR count). The molecule has 0 atom stereocenters. The molecule has 4 nitrogen and oxygen atoms in total. The Morgan fingerprint density at radius 3 is 2.71 bits per heavy atom. The number of pyridine rings is 2. The van der Waals surface area contributed by atoms with Crippen molar-refractivity contribution in [3.8, 4) is 11.1 Å². The molecule has 0 aliphatic heterocycles. The predicted octanol–water partition coefficient (Wildman–Crippen LogP) is 8.45. The summed E-state index contributed by atoms with van der Waals surface area (Å²) in [6.07, 6.45) is 19.0.